The molecule has 1 aromatic rings. The van der Waals surface area contributed by atoms with Crippen LogP contribution in [0.3, 0.4) is 0 Å². The lowest BCUT2D eigenvalue weighted by Crippen LogP contribution is -2.49. The van der Waals surface area contributed by atoms with Gasteiger partial charge >= 0.3 is 0 Å². The van der Waals surface area contributed by atoms with Gasteiger partial charge in [0, 0.05) is 19.6 Å². The lowest BCUT2D eigenvalue weighted by Gasteiger charge is -2.29. The maximum atomic E-state index is 13.2. The highest BCUT2D eigenvalue weighted by molar-refractivity contribution is 5.81. The van der Waals surface area contributed by atoms with Gasteiger partial charge < -0.3 is 20.1 Å². The molecule has 1 aliphatic heterocycles. The van der Waals surface area contributed by atoms with Crippen LogP contribution in [0.25, 0.3) is 0 Å². The van der Waals surface area contributed by atoms with Gasteiger partial charge in [0.1, 0.15) is 0 Å². The molecule has 1 saturated heterocycles. The Morgan fingerprint density at radius 1 is 1.38 bits per heavy atom. The minimum Gasteiger partial charge on any atom is -0.503 e. The molecule has 21 heavy (non-hydrogen) atoms. The maximum Gasteiger partial charge on any atom is 0.239 e. The van der Waals surface area contributed by atoms with Crippen molar-refractivity contribution in [1.29, 1.82) is 0 Å². The standard InChI is InChI=1S/C14H18F2N2O3/c1-9(14(20)18-2-4-21-5-3-18)17-8-10-6-11(15)13(19)12(16)7-10/h6-7,9,17,19H,2-5,8H2,1H3. The summed E-state index contributed by atoms with van der Waals surface area (Å²) in [5.41, 5.74) is 0.324. The van der Waals surface area contributed by atoms with Crippen molar-refractivity contribution in [2.75, 3.05) is 26.3 Å². The van der Waals surface area contributed by atoms with Crippen molar-refractivity contribution in [3.05, 3.63) is 29.3 Å². The van der Waals surface area contributed by atoms with Crippen LogP contribution in [0.2, 0.25) is 0 Å². The SMILES string of the molecule is CC(NCc1cc(F)c(O)c(F)c1)C(=O)N1CCOCC1. The summed E-state index contributed by atoms with van der Waals surface area (Å²) in [6.45, 7) is 3.97. The number of aromatic hydroxyl groups is 1. The number of nitrogens with one attached hydrogen (secondary N) is 1. The van der Waals surface area contributed by atoms with Crippen molar-refractivity contribution in [3.63, 3.8) is 0 Å². The zero-order valence-electron chi connectivity index (χ0n) is 11.7. The van der Waals surface area contributed by atoms with Gasteiger partial charge in [0.15, 0.2) is 17.4 Å². The summed E-state index contributed by atoms with van der Waals surface area (Å²) in [6.07, 6.45) is 0. The molecule has 0 aromatic heterocycles. The molecule has 1 aliphatic rings. The normalized spacial score (nSPS) is 16.8. The van der Waals surface area contributed by atoms with E-state index in [1.807, 2.05) is 0 Å². The second-order valence-corrected chi connectivity index (χ2v) is 4.95. The summed E-state index contributed by atoms with van der Waals surface area (Å²) in [7, 11) is 0. The van der Waals surface area contributed by atoms with E-state index in [1.165, 1.54) is 0 Å². The topological polar surface area (TPSA) is 61.8 Å². The first kappa shape index (κ1) is 15.7. The molecule has 1 unspecified atom stereocenters. The molecule has 7 heteroatoms. The fourth-order valence-corrected chi connectivity index (χ4v) is 2.14. The highest BCUT2D eigenvalue weighted by Crippen LogP contribution is 2.21. The number of phenols is 1. The second kappa shape index (κ2) is 6.82. The van der Waals surface area contributed by atoms with Crippen molar-refractivity contribution >= 4 is 5.91 Å². The molecule has 116 valence electrons. The third-order valence-corrected chi connectivity index (χ3v) is 3.38. The van der Waals surface area contributed by atoms with Crippen LogP contribution in [0.15, 0.2) is 12.1 Å². The highest BCUT2D eigenvalue weighted by atomic mass is 19.1. The number of morpholine rings is 1. The first-order valence-electron chi connectivity index (χ1n) is 6.76. The molecule has 2 N–H and O–H groups in total. The van der Waals surface area contributed by atoms with Crippen molar-refractivity contribution in [1.82, 2.24) is 10.2 Å². The Balaban J connectivity index is 1.91. The zero-order chi connectivity index (χ0) is 15.4. The van der Waals surface area contributed by atoms with Gasteiger partial charge in [0.2, 0.25) is 5.91 Å². The first-order chi connectivity index (χ1) is 9.99. The van der Waals surface area contributed by atoms with Gasteiger partial charge in [-0.1, -0.05) is 0 Å². The predicted octanol–water partition coefficient (Wildman–Crippen LogP) is 1.01. The minimum absolute atomic E-state index is 0.0713. The second-order valence-electron chi connectivity index (χ2n) is 4.95. The fraction of sp³-hybridized carbons (Fsp3) is 0.500. The molecule has 1 atom stereocenters. The quantitative estimate of drug-likeness (QED) is 0.871. The van der Waals surface area contributed by atoms with E-state index in [0.29, 0.717) is 31.9 Å². The Kier molecular flexibility index (Phi) is 5.08. The number of hydrogen-bond donors (Lipinski definition) is 2. The smallest absolute Gasteiger partial charge is 0.239 e. The number of halogens is 2. The van der Waals surface area contributed by atoms with Crippen molar-refractivity contribution in [3.8, 4) is 5.75 Å². The number of ether oxygens (including phenoxy) is 1. The summed E-state index contributed by atoms with van der Waals surface area (Å²) in [5.74, 6) is -3.09. The Morgan fingerprint density at radius 2 is 1.95 bits per heavy atom. The monoisotopic (exact) mass is 300 g/mol. The van der Waals surface area contributed by atoms with Crippen LogP contribution in [-0.4, -0.2) is 48.3 Å². The van der Waals surface area contributed by atoms with Gasteiger partial charge in [0.25, 0.3) is 0 Å². The molecular formula is C14H18F2N2O3. The van der Waals surface area contributed by atoms with E-state index in [-0.39, 0.29) is 12.5 Å². The zero-order valence-corrected chi connectivity index (χ0v) is 11.7. The molecule has 2 rings (SSSR count). The Labute approximate surface area is 121 Å². The van der Waals surface area contributed by atoms with Crippen LogP contribution in [0, 0.1) is 11.6 Å². The van der Waals surface area contributed by atoms with Crippen LogP contribution < -0.4 is 5.32 Å². The third-order valence-electron chi connectivity index (χ3n) is 3.38. The van der Waals surface area contributed by atoms with Crippen molar-refractivity contribution in [2.24, 2.45) is 0 Å². The minimum atomic E-state index is -1.01. The number of carbonyl (C=O) groups is 1. The molecule has 1 amide bonds. The van der Waals surface area contributed by atoms with E-state index < -0.39 is 23.4 Å². The maximum absolute atomic E-state index is 13.2. The van der Waals surface area contributed by atoms with Crippen LogP contribution >= 0.6 is 0 Å². The van der Waals surface area contributed by atoms with E-state index in [4.69, 9.17) is 9.84 Å². The lowest BCUT2D eigenvalue weighted by atomic mass is 10.1. The van der Waals surface area contributed by atoms with Crippen LogP contribution in [0.1, 0.15) is 12.5 Å². The van der Waals surface area contributed by atoms with E-state index in [0.717, 1.165) is 12.1 Å². The Morgan fingerprint density at radius 3 is 2.52 bits per heavy atom. The molecule has 0 bridgehead atoms. The first-order valence-corrected chi connectivity index (χ1v) is 6.76. The van der Waals surface area contributed by atoms with Gasteiger partial charge in [-0.15, -0.1) is 0 Å². The molecule has 0 saturated carbocycles. The number of hydrogen-bond acceptors (Lipinski definition) is 4. The molecule has 0 spiro atoms. The largest absolute Gasteiger partial charge is 0.503 e. The number of rotatable bonds is 4. The number of carbonyl (C=O) groups excluding carboxylic acids is 1. The highest BCUT2D eigenvalue weighted by Gasteiger charge is 2.22. The number of benzene rings is 1. The van der Waals surface area contributed by atoms with Gasteiger partial charge in [-0.25, -0.2) is 8.78 Å². The average Bonchev–Trinajstić information content (AvgIpc) is 2.50. The number of amides is 1. The van der Waals surface area contributed by atoms with Gasteiger partial charge in [-0.3, -0.25) is 4.79 Å². The molecule has 1 aromatic carbocycles. The van der Waals surface area contributed by atoms with Crippen molar-refractivity contribution in [2.45, 2.75) is 19.5 Å². The Bertz CT molecular complexity index is 496. The molecule has 0 radical (unpaired) electrons. The van der Waals surface area contributed by atoms with Crippen LogP contribution in [0.4, 0.5) is 8.78 Å². The van der Waals surface area contributed by atoms with Gasteiger partial charge in [-0.05, 0) is 24.6 Å². The fourth-order valence-electron chi connectivity index (χ4n) is 2.14. The molecule has 1 fully saturated rings. The van der Waals surface area contributed by atoms with Gasteiger partial charge in [-0.2, -0.15) is 0 Å². The van der Waals surface area contributed by atoms with E-state index in [2.05, 4.69) is 5.32 Å². The molecule has 5 nitrogen and oxygen atoms in total. The summed E-state index contributed by atoms with van der Waals surface area (Å²) >= 11 is 0. The summed E-state index contributed by atoms with van der Waals surface area (Å²) in [6, 6.07) is 1.61. The molecular weight excluding hydrogens is 282 g/mol. The van der Waals surface area contributed by atoms with Crippen molar-refractivity contribution < 1.29 is 23.4 Å². The van der Waals surface area contributed by atoms with Crippen LogP contribution in [0.5, 0.6) is 5.75 Å². The van der Waals surface area contributed by atoms with Crippen LogP contribution in [-0.2, 0) is 16.1 Å². The van der Waals surface area contributed by atoms with E-state index >= 15 is 0 Å². The summed E-state index contributed by atoms with van der Waals surface area (Å²) < 4.78 is 31.6. The average molecular weight is 300 g/mol. The lowest BCUT2D eigenvalue weighted by molar-refractivity contribution is -0.137. The number of nitrogens with zero attached hydrogens (tertiary/aromatic N) is 1. The predicted molar refractivity (Wildman–Crippen MR) is 71.7 cm³/mol. The summed E-state index contributed by atoms with van der Waals surface area (Å²) in [4.78, 5) is 13.8. The third kappa shape index (κ3) is 3.89. The number of phenolic OH excluding ortho intramolecular Hbond substituents is 1. The molecule has 0 aliphatic carbocycles. The molecule has 1 heterocycles. The van der Waals surface area contributed by atoms with E-state index in [9.17, 15) is 13.6 Å². The summed E-state index contributed by atoms with van der Waals surface area (Å²) in [5, 5.41) is 11.9. The van der Waals surface area contributed by atoms with Gasteiger partial charge in [0.05, 0.1) is 19.3 Å². The Hall–Kier alpha value is -1.73. The van der Waals surface area contributed by atoms with E-state index in [1.54, 1.807) is 11.8 Å².